The Morgan fingerprint density at radius 1 is 1.04 bits per heavy atom. The van der Waals surface area contributed by atoms with E-state index in [2.05, 4.69) is 35.7 Å². The van der Waals surface area contributed by atoms with E-state index < -0.39 is 0 Å². The average molecular weight is 328 g/mol. The highest BCUT2D eigenvalue weighted by Gasteiger charge is 2.21. The van der Waals surface area contributed by atoms with Gasteiger partial charge in [0.2, 0.25) is 0 Å². The van der Waals surface area contributed by atoms with Crippen molar-refractivity contribution in [1.29, 1.82) is 5.26 Å². The molecule has 0 radical (unpaired) electrons. The second-order valence-electron chi connectivity index (χ2n) is 6.36. The molecule has 3 aromatic rings. The fraction of sp³-hybridized carbons (Fsp3) is 0.238. The zero-order valence-corrected chi connectivity index (χ0v) is 14.1. The lowest BCUT2D eigenvalue weighted by Crippen LogP contribution is -2.08. The van der Waals surface area contributed by atoms with Crippen LogP contribution in [0, 0.1) is 11.3 Å². The molecule has 25 heavy (non-hydrogen) atoms. The topological polar surface area (TPSA) is 53.6 Å². The molecule has 0 aliphatic carbocycles. The number of benzene rings is 2. The predicted octanol–water partition coefficient (Wildman–Crippen LogP) is 4.08. The van der Waals surface area contributed by atoms with Gasteiger partial charge in [-0.15, -0.1) is 0 Å². The number of fused-ring (bicyclic) bond motifs is 1. The molecule has 1 aliphatic heterocycles. The van der Waals surface area contributed by atoms with Gasteiger partial charge in [0.1, 0.15) is 11.9 Å². The van der Waals surface area contributed by atoms with E-state index in [0.29, 0.717) is 5.56 Å². The van der Waals surface area contributed by atoms with Crippen molar-refractivity contribution in [3.05, 3.63) is 77.0 Å². The number of anilines is 1. The van der Waals surface area contributed by atoms with Crippen LogP contribution in [-0.2, 0) is 12.8 Å². The summed E-state index contributed by atoms with van der Waals surface area (Å²) in [6.07, 6.45) is 4.15. The smallest absolute Gasteiger partial charge is 0.133 e. The summed E-state index contributed by atoms with van der Waals surface area (Å²) in [5.74, 6) is 1.05. The minimum Gasteiger partial charge on any atom is -0.370 e. The first kappa shape index (κ1) is 15.5. The van der Waals surface area contributed by atoms with Gasteiger partial charge in [-0.25, -0.2) is 4.68 Å². The van der Waals surface area contributed by atoms with Crippen LogP contribution in [0.5, 0.6) is 0 Å². The lowest BCUT2D eigenvalue weighted by Gasteiger charge is -2.10. The van der Waals surface area contributed by atoms with Gasteiger partial charge in [0.05, 0.1) is 16.9 Å². The Morgan fingerprint density at radius 3 is 2.68 bits per heavy atom. The molecule has 2 aromatic carbocycles. The van der Waals surface area contributed by atoms with Crippen LogP contribution in [0.2, 0.25) is 0 Å². The Morgan fingerprint density at radius 2 is 1.84 bits per heavy atom. The highest BCUT2D eigenvalue weighted by molar-refractivity contribution is 5.58. The Bertz CT molecular complexity index is 919. The summed E-state index contributed by atoms with van der Waals surface area (Å²) in [5.41, 5.74) is 5.13. The second-order valence-corrected chi connectivity index (χ2v) is 6.36. The van der Waals surface area contributed by atoms with Crippen LogP contribution in [0.1, 0.15) is 35.2 Å². The van der Waals surface area contributed by atoms with E-state index in [1.54, 1.807) is 0 Å². The first-order chi connectivity index (χ1) is 12.4. The molecule has 124 valence electrons. The maximum atomic E-state index is 9.47. The van der Waals surface area contributed by atoms with Crippen molar-refractivity contribution >= 4 is 5.82 Å². The molecule has 1 aliphatic rings. The summed E-state index contributed by atoms with van der Waals surface area (Å²) in [6, 6.07) is 20.4. The number of para-hydroxylation sites is 1. The van der Waals surface area contributed by atoms with E-state index in [1.807, 2.05) is 35.0 Å². The second kappa shape index (κ2) is 6.82. The Labute approximate surface area is 147 Å². The molecule has 4 nitrogen and oxygen atoms in total. The largest absolute Gasteiger partial charge is 0.370 e. The molecule has 0 spiro atoms. The molecule has 0 amide bonds. The van der Waals surface area contributed by atoms with Crippen LogP contribution < -0.4 is 5.32 Å². The SMILES string of the molecule is N#Cc1ccccc1-n1nc(Cc2ccccc2)c2c1NCCCC2. The minimum absolute atomic E-state index is 0.644. The summed E-state index contributed by atoms with van der Waals surface area (Å²) in [4.78, 5) is 0. The fourth-order valence-electron chi connectivity index (χ4n) is 3.43. The lowest BCUT2D eigenvalue weighted by molar-refractivity contribution is 0.767. The van der Waals surface area contributed by atoms with E-state index in [-0.39, 0.29) is 0 Å². The van der Waals surface area contributed by atoms with Gasteiger partial charge in [-0.1, -0.05) is 42.5 Å². The number of rotatable bonds is 3. The van der Waals surface area contributed by atoms with Crippen LogP contribution in [0.15, 0.2) is 54.6 Å². The Balaban J connectivity index is 1.84. The molecule has 0 fully saturated rings. The Kier molecular flexibility index (Phi) is 4.22. The number of nitrogens with one attached hydrogen (secondary N) is 1. The molecular formula is C21H20N4. The maximum absolute atomic E-state index is 9.47. The summed E-state index contributed by atoms with van der Waals surface area (Å²) in [6.45, 7) is 0.943. The molecule has 1 N–H and O–H groups in total. The average Bonchev–Trinajstić information content (AvgIpc) is 2.84. The summed E-state index contributed by atoms with van der Waals surface area (Å²) < 4.78 is 1.93. The van der Waals surface area contributed by atoms with Gasteiger partial charge in [-0.05, 0) is 37.0 Å². The summed E-state index contributed by atoms with van der Waals surface area (Å²) >= 11 is 0. The van der Waals surface area contributed by atoms with Gasteiger partial charge in [0, 0.05) is 18.5 Å². The monoisotopic (exact) mass is 328 g/mol. The van der Waals surface area contributed by atoms with Crippen molar-refractivity contribution in [1.82, 2.24) is 9.78 Å². The molecule has 0 saturated heterocycles. The zero-order chi connectivity index (χ0) is 17.1. The highest BCUT2D eigenvalue weighted by Crippen LogP contribution is 2.30. The van der Waals surface area contributed by atoms with Crippen molar-refractivity contribution in [3.63, 3.8) is 0 Å². The normalized spacial score (nSPS) is 13.4. The zero-order valence-electron chi connectivity index (χ0n) is 14.1. The van der Waals surface area contributed by atoms with E-state index in [4.69, 9.17) is 5.10 Å². The van der Waals surface area contributed by atoms with E-state index >= 15 is 0 Å². The standard InChI is InChI=1S/C21H20N4/c22-15-17-10-4-5-12-20(17)25-21-18(11-6-7-13-23-21)19(24-25)14-16-8-2-1-3-9-16/h1-5,8-10,12,23H,6-7,11,13-14H2. The predicted molar refractivity (Wildman–Crippen MR) is 99.0 cm³/mol. The van der Waals surface area contributed by atoms with Crippen molar-refractivity contribution in [3.8, 4) is 11.8 Å². The quantitative estimate of drug-likeness (QED) is 0.788. The van der Waals surface area contributed by atoms with Crippen LogP contribution in [0.25, 0.3) is 5.69 Å². The van der Waals surface area contributed by atoms with E-state index in [1.165, 1.54) is 11.1 Å². The van der Waals surface area contributed by atoms with Crippen molar-refractivity contribution in [2.75, 3.05) is 11.9 Å². The number of aromatic nitrogens is 2. The molecule has 4 heteroatoms. The number of nitrogens with zero attached hydrogens (tertiary/aromatic N) is 3. The van der Waals surface area contributed by atoms with Gasteiger partial charge in [-0.2, -0.15) is 10.4 Å². The molecule has 2 heterocycles. The molecule has 0 atom stereocenters. The molecular weight excluding hydrogens is 308 g/mol. The number of hydrogen-bond acceptors (Lipinski definition) is 3. The number of nitriles is 1. The molecule has 0 bridgehead atoms. The van der Waals surface area contributed by atoms with Crippen molar-refractivity contribution in [2.24, 2.45) is 0 Å². The highest BCUT2D eigenvalue weighted by atomic mass is 15.3. The third-order valence-corrected chi connectivity index (χ3v) is 4.68. The summed E-state index contributed by atoms with van der Waals surface area (Å²) in [5, 5.41) is 17.9. The minimum atomic E-state index is 0.644. The first-order valence-electron chi connectivity index (χ1n) is 8.75. The van der Waals surface area contributed by atoms with Gasteiger partial charge in [-0.3, -0.25) is 0 Å². The Hall–Kier alpha value is -3.06. The van der Waals surface area contributed by atoms with Crippen LogP contribution in [0.3, 0.4) is 0 Å². The van der Waals surface area contributed by atoms with E-state index in [0.717, 1.165) is 49.4 Å². The fourth-order valence-corrected chi connectivity index (χ4v) is 3.43. The van der Waals surface area contributed by atoms with Crippen molar-refractivity contribution < 1.29 is 0 Å². The molecule has 4 rings (SSSR count). The third kappa shape index (κ3) is 3.01. The van der Waals surface area contributed by atoms with Crippen LogP contribution in [-0.4, -0.2) is 16.3 Å². The molecule has 1 aromatic heterocycles. The number of hydrogen-bond donors (Lipinski definition) is 1. The first-order valence-corrected chi connectivity index (χ1v) is 8.75. The lowest BCUT2D eigenvalue weighted by atomic mass is 10.0. The summed E-state index contributed by atoms with van der Waals surface area (Å²) in [7, 11) is 0. The van der Waals surface area contributed by atoms with Crippen LogP contribution >= 0.6 is 0 Å². The van der Waals surface area contributed by atoms with Gasteiger partial charge in [0.15, 0.2) is 0 Å². The maximum Gasteiger partial charge on any atom is 0.133 e. The molecule has 0 unspecified atom stereocenters. The molecule has 0 saturated carbocycles. The van der Waals surface area contributed by atoms with Crippen LogP contribution in [0.4, 0.5) is 5.82 Å². The third-order valence-electron chi connectivity index (χ3n) is 4.68. The van der Waals surface area contributed by atoms with Gasteiger partial charge >= 0.3 is 0 Å². The van der Waals surface area contributed by atoms with Gasteiger partial charge in [0.25, 0.3) is 0 Å². The van der Waals surface area contributed by atoms with E-state index in [9.17, 15) is 5.26 Å². The van der Waals surface area contributed by atoms with Crippen molar-refractivity contribution in [2.45, 2.75) is 25.7 Å². The van der Waals surface area contributed by atoms with Gasteiger partial charge < -0.3 is 5.32 Å².